The molecule has 0 unspecified atom stereocenters. The molecule has 0 bridgehead atoms. The topological polar surface area (TPSA) is 64.7 Å². The summed E-state index contributed by atoms with van der Waals surface area (Å²) in [5.74, 6) is 1.40. The zero-order valence-electron chi connectivity index (χ0n) is 14.2. The molecule has 0 saturated heterocycles. The molecule has 2 aromatic carbocycles. The van der Waals surface area contributed by atoms with Crippen LogP contribution in [0, 0.1) is 6.92 Å². The predicted octanol–water partition coefficient (Wildman–Crippen LogP) is 4.48. The first-order valence-electron chi connectivity index (χ1n) is 7.80. The molecule has 0 aliphatic heterocycles. The molecule has 0 atom stereocenters. The SMILES string of the molecule is CCOc1ccc(C(C)=O)cc1CSC(N)=Nc1cccc(C)c1. The smallest absolute Gasteiger partial charge is 0.159 e. The highest BCUT2D eigenvalue weighted by Crippen LogP contribution is 2.26. The molecule has 4 nitrogen and oxygen atoms in total. The molecule has 0 spiro atoms. The molecule has 2 aromatic rings. The third-order valence-corrected chi connectivity index (χ3v) is 4.23. The van der Waals surface area contributed by atoms with E-state index in [-0.39, 0.29) is 5.78 Å². The third kappa shape index (κ3) is 5.13. The Morgan fingerprint density at radius 3 is 2.71 bits per heavy atom. The first-order valence-corrected chi connectivity index (χ1v) is 8.78. The van der Waals surface area contributed by atoms with E-state index in [4.69, 9.17) is 10.5 Å². The van der Waals surface area contributed by atoms with Gasteiger partial charge in [-0.25, -0.2) is 4.99 Å². The van der Waals surface area contributed by atoms with Gasteiger partial charge in [0.15, 0.2) is 11.0 Å². The van der Waals surface area contributed by atoms with E-state index >= 15 is 0 Å². The Kier molecular flexibility index (Phi) is 6.44. The fraction of sp³-hybridized carbons (Fsp3) is 0.263. The number of amidine groups is 1. The Morgan fingerprint density at radius 1 is 1.25 bits per heavy atom. The zero-order chi connectivity index (χ0) is 17.5. The Hall–Kier alpha value is -2.27. The largest absolute Gasteiger partial charge is 0.494 e. The number of ether oxygens (including phenoxy) is 1. The lowest BCUT2D eigenvalue weighted by Crippen LogP contribution is -2.07. The number of nitrogens with zero attached hydrogens (tertiary/aromatic N) is 1. The van der Waals surface area contributed by atoms with E-state index in [0.717, 1.165) is 22.6 Å². The van der Waals surface area contributed by atoms with Crippen LogP contribution in [-0.2, 0) is 5.75 Å². The molecule has 0 radical (unpaired) electrons. The summed E-state index contributed by atoms with van der Waals surface area (Å²) in [4.78, 5) is 16.0. The first kappa shape index (κ1) is 18.1. The molecule has 2 rings (SSSR count). The summed E-state index contributed by atoms with van der Waals surface area (Å²) in [5, 5.41) is 0.483. The number of Topliss-reactive ketones (excluding diaryl/α,β-unsaturated/α-hetero) is 1. The van der Waals surface area contributed by atoms with Gasteiger partial charge in [-0.2, -0.15) is 0 Å². The van der Waals surface area contributed by atoms with Crippen LogP contribution in [0.5, 0.6) is 5.75 Å². The summed E-state index contributed by atoms with van der Waals surface area (Å²) in [6, 6.07) is 13.4. The molecule has 2 N–H and O–H groups in total. The van der Waals surface area contributed by atoms with Gasteiger partial charge in [-0.1, -0.05) is 23.9 Å². The summed E-state index contributed by atoms with van der Waals surface area (Å²) in [6.45, 7) is 6.08. The fourth-order valence-corrected chi connectivity index (χ4v) is 2.92. The first-order chi connectivity index (χ1) is 11.5. The number of carbonyl (C=O) groups excluding carboxylic acids is 1. The summed E-state index contributed by atoms with van der Waals surface area (Å²) in [7, 11) is 0. The van der Waals surface area contributed by atoms with Crippen molar-refractivity contribution in [2.75, 3.05) is 6.61 Å². The maximum atomic E-state index is 11.6. The Morgan fingerprint density at radius 2 is 2.04 bits per heavy atom. The van der Waals surface area contributed by atoms with Crippen molar-refractivity contribution in [2.45, 2.75) is 26.5 Å². The summed E-state index contributed by atoms with van der Waals surface area (Å²) < 4.78 is 5.63. The van der Waals surface area contributed by atoms with Crippen LogP contribution >= 0.6 is 11.8 Å². The second-order valence-electron chi connectivity index (χ2n) is 5.39. The highest BCUT2D eigenvalue weighted by Gasteiger charge is 2.09. The summed E-state index contributed by atoms with van der Waals surface area (Å²) in [5.41, 5.74) is 9.62. The van der Waals surface area contributed by atoms with Crippen LogP contribution in [0.2, 0.25) is 0 Å². The molecule has 24 heavy (non-hydrogen) atoms. The van der Waals surface area contributed by atoms with Crippen molar-refractivity contribution in [3.63, 3.8) is 0 Å². The van der Waals surface area contributed by atoms with E-state index in [0.29, 0.717) is 23.1 Å². The summed E-state index contributed by atoms with van der Waals surface area (Å²) >= 11 is 1.43. The van der Waals surface area contributed by atoms with Crippen LogP contribution in [-0.4, -0.2) is 17.6 Å². The Bertz CT molecular complexity index is 757. The minimum absolute atomic E-state index is 0.0331. The van der Waals surface area contributed by atoms with E-state index in [2.05, 4.69) is 4.99 Å². The normalized spacial score (nSPS) is 11.4. The number of benzene rings is 2. The molecule has 0 aliphatic rings. The number of thioether (sulfide) groups is 1. The Balaban J connectivity index is 2.14. The average molecular weight is 342 g/mol. The molecule has 5 heteroatoms. The van der Waals surface area contributed by atoms with E-state index in [1.807, 2.05) is 50.2 Å². The second kappa shape index (κ2) is 8.55. The number of ketones is 1. The van der Waals surface area contributed by atoms with Crippen LogP contribution in [0.4, 0.5) is 5.69 Å². The maximum Gasteiger partial charge on any atom is 0.159 e. The monoisotopic (exact) mass is 342 g/mol. The van der Waals surface area contributed by atoms with Crippen molar-refractivity contribution in [1.29, 1.82) is 0 Å². The fourth-order valence-electron chi connectivity index (χ4n) is 2.22. The highest BCUT2D eigenvalue weighted by molar-refractivity contribution is 8.13. The van der Waals surface area contributed by atoms with Crippen molar-refractivity contribution >= 4 is 28.4 Å². The van der Waals surface area contributed by atoms with Gasteiger partial charge in [-0.05, 0) is 56.7 Å². The minimum atomic E-state index is 0.0331. The number of aliphatic imine (C=N–C) groups is 1. The van der Waals surface area contributed by atoms with Crippen molar-refractivity contribution in [2.24, 2.45) is 10.7 Å². The van der Waals surface area contributed by atoms with E-state index in [1.165, 1.54) is 11.8 Å². The van der Waals surface area contributed by atoms with Gasteiger partial charge in [0.2, 0.25) is 0 Å². The molecular formula is C19H22N2O2S. The molecular weight excluding hydrogens is 320 g/mol. The Labute approximate surface area is 147 Å². The number of aryl methyl sites for hydroxylation is 1. The van der Waals surface area contributed by atoms with E-state index in [1.54, 1.807) is 13.0 Å². The van der Waals surface area contributed by atoms with Crippen LogP contribution in [0.15, 0.2) is 47.5 Å². The number of hydrogen-bond donors (Lipinski definition) is 1. The second-order valence-corrected chi connectivity index (χ2v) is 6.39. The molecule has 0 amide bonds. The van der Waals surface area contributed by atoms with Gasteiger partial charge in [0.25, 0.3) is 0 Å². The molecule has 0 heterocycles. The predicted molar refractivity (Wildman–Crippen MR) is 101 cm³/mol. The van der Waals surface area contributed by atoms with Crippen molar-refractivity contribution in [3.05, 3.63) is 59.2 Å². The molecule has 0 aliphatic carbocycles. The quantitative estimate of drug-likeness (QED) is 0.478. The van der Waals surface area contributed by atoms with E-state index in [9.17, 15) is 4.79 Å². The van der Waals surface area contributed by atoms with Gasteiger partial charge in [0.1, 0.15) is 5.75 Å². The van der Waals surface area contributed by atoms with Crippen LogP contribution < -0.4 is 10.5 Å². The number of carbonyl (C=O) groups is 1. The summed E-state index contributed by atoms with van der Waals surface area (Å²) in [6.07, 6.45) is 0. The minimum Gasteiger partial charge on any atom is -0.494 e. The van der Waals surface area contributed by atoms with Crippen LogP contribution in [0.1, 0.15) is 35.3 Å². The van der Waals surface area contributed by atoms with Gasteiger partial charge in [0, 0.05) is 16.9 Å². The lowest BCUT2D eigenvalue weighted by Gasteiger charge is -2.11. The molecule has 0 saturated carbocycles. The average Bonchev–Trinajstić information content (AvgIpc) is 2.54. The molecule has 0 aromatic heterocycles. The third-order valence-electron chi connectivity index (χ3n) is 3.38. The van der Waals surface area contributed by atoms with Crippen molar-refractivity contribution in [1.82, 2.24) is 0 Å². The molecule has 126 valence electrons. The standard InChI is InChI=1S/C19H22N2O2S/c1-4-23-18-9-8-15(14(3)22)11-16(18)12-24-19(20)21-17-7-5-6-13(2)10-17/h5-11H,4,12H2,1-3H3,(H2,20,21). The van der Waals surface area contributed by atoms with Gasteiger partial charge >= 0.3 is 0 Å². The number of hydrogen-bond acceptors (Lipinski definition) is 4. The maximum absolute atomic E-state index is 11.6. The van der Waals surface area contributed by atoms with Gasteiger partial charge in [-0.15, -0.1) is 0 Å². The van der Waals surface area contributed by atoms with Crippen molar-refractivity contribution in [3.8, 4) is 5.75 Å². The number of nitrogens with two attached hydrogens (primary N) is 1. The zero-order valence-corrected chi connectivity index (χ0v) is 15.0. The van der Waals surface area contributed by atoms with Crippen LogP contribution in [0.3, 0.4) is 0 Å². The molecule has 0 fully saturated rings. The van der Waals surface area contributed by atoms with Crippen molar-refractivity contribution < 1.29 is 9.53 Å². The van der Waals surface area contributed by atoms with Gasteiger partial charge in [-0.3, -0.25) is 4.79 Å². The lowest BCUT2D eigenvalue weighted by molar-refractivity contribution is 0.101. The van der Waals surface area contributed by atoms with Gasteiger partial charge < -0.3 is 10.5 Å². The highest BCUT2D eigenvalue weighted by atomic mass is 32.2. The van der Waals surface area contributed by atoms with E-state index < -0.39 is 0 Å². The number of rotatable bonds is 6. The van der Waals surface area contributed by atoms with Crippen LogP contribution in [0.25, 0.3) is 0 Å². The van der Waals surface area contributed by atoms with Gasteiger partial charge in [0.05, 0.1) is 12.3 Å². The lowest BCUT2D eigenvalue weighted by atomic mass is 10.1.